The van der Waals surface area contributed by atoms with Crippen LogP contribution in [0.4, 0.5) is 0 Å². The largest absolute Gasteiger partial charge is 0.319 e. The van der Waals surface area contributed by atoms with Crippen LogP contribution in [0.2, 0.25) is 0 Å². The van der Waals surface area contributed by atoms with Gasteiger partial charge in [-0.1, -0.05) is 30.7 Å². The van der Waals surface area contributed by atoms with Gasteiger partial charge in [-0.3, -0.25) is 4.79 Å². The molecule has 19 heavy (non-hydrogen) atoms. The predicted molar refractivity (Wildman–Crippen MR) is 77.3 cm³/mol. The molecule has 102 valence electrons. The second-order valence-corrected chi connectivity index (χ2v) is 6.16. The van der Waals surface area contributed by atoms with Crippen LogP contribution in [0.1, 0.15) is 41.6 Å². The average Bonchev–Trinajstić information content (AvgIpc) is 3.07. The standard InChI is InChI=1S/C17H23NO/c1-18-9-8-13-4-2-3-5-15(13)17(19)16-11-12-6-7-14(16)10-12/h2-5,12,14,16,18H,6-11H2,1H3. The number of Topliss-reactive ketones (excluding diaryl/α,β-unsaturated/α-hetero) is 1. The number of carbonyl (C=O) groups is 1. The number of hydrogen-bond donors (Lipinski definition) is 1. The Bertz CT molecular complexity index is 468. The van der Waals surface area contributed by atoms with Gasteiger partial charge in [0.15, 0.2) is 5.78 Å². The van der Waals surface area contributed by atoms with Gasteiger partial charge in [0.2, 0.25) is 0 Å². The minimum atomic E-state index is 0.314. The minimum Gasteiger partial charge on any atom is -0.319 e. The van der Waals surface area contributed by atoms with Crippen LogP contribution < -0.4 is 5.32 Å². The molecule has 0 amide bonds. The fraction of sp³-hybridized carbons (Fsp3) is 0.588. The fourth-order valence-electron chi connectivity index (χ4n) is 4.00. The Morgan fingerprint density at radius 1 is 1.26 bits per heavy atom. The molecule has 0 saturated heterocycles. The van der Waals surface area contributed by atoms with Crippen LogP contribution in [0.25, 0.3) is 0 Å². The van der Waals surface area contributed by atoms with Crippen molar-refractivity contribution in [3.63, 3.8) is 0 Å². The van der Waals surface area contributed by atoms with E-state index in [0.29, 0.717) is 17.6 Å². The molecule has 2 fully saturated rings. The van der Waals surface area contributed by atoms with E-state index in [1.165, 1.54) is 24.8 Å². The van der Waals surface area contributed by atoms with Gasteiger partial charge in [-0.05, 0) is 56.7 Å². The zero-order valence-electron chi connectivity index (χ0n) is 11.7. The molecule has 2 aliphatic rings. The van der Waals surface area contributed by atoms with Crippen molar-refractivity contribution in [2.45, 2.75) is 32.1 Å². The third kappa shape index (κ3) is 2.46. The Labute approximate surface area is 115 Å². The molecule has 2 heteroatoms. The average molecular weight is 257 g/mol. The number of likely N-dealkylation sites (N-methyl/N-ethyl adjacent to an activating group) is 1. The maximum atomic E-state index is 12.8. The van der Waals surface area contributed by atoms with Gasteiger partial charge in [0, 0.05) is 11.5 Å². The van der Waals surface area contributed by atoms with E-state index in [-0.39, 0.29) is 0 Å². The molecule has 2 saturated carbocycles. The molecule has 2 nitrogen and oxygen atoms in total. The fourth-order valence-corrected chi connectivity index (χ4v) is 4.00. The number of fused-ring (bicyclic) bond motifs is 2. The second kappa shape index (κ2) is 5.46. The van der Waals surface area contributed by atoms with E-state index < -0.39 is 0 Å². The lowest BCUT2D eigenvalue weighted by atomic mass is 9.82. The first-order valence-electron chi connectivity index (χ1n) is 7.56. The third-order valence-corrected chi connectivity index (χ3v) is 5.00. The molecule has 2 bridgehead atoms. The van der Waals surface area contributed by atoms with Crippen LogP contribution in [-0.2, 0) is 6.42 Å². The summed E-state index contributed by atoms with van der Waals surface area (Å²) >= 11 is 0. The van der Waals surface area contributed by atoms with Gasteiger partial charge in [-0.15, -0.1) is 0 Å². The molecule has 1 aromatic rings. The van der Waals surface area contributed by atoms with Gasteiger partial charge in [-0.2, -0.15) is 0 Å². The Morgan fingerprint density at radius 3 is 2.79 bits per heavy atom. The van der Waals surface area contributed by atoms with Gasteiger partial charge in [0.25, 0.3) is 0 Å². The van der Waals surface area contributed by atoms with E-state index in [2.05, 4.69) is 11.4 Å². The van der Waals surface area contributed by atoms with Crippen molar-refractivity contribution in [1.82, 2.24) is 5.32 Å². The van der Waals surface area contributed by atoms with Gasteiger partial charge >= 0.3 is 0 Å². The van der Waals surface area contributed by atoms with Crippen LogP contribution in [0.5, 0.6) is 0 Å². The van der Waals surface area contributed by atoms with Crippen LogP contribution >= 0.6 is 0 Å². The normalized spacial score (nSPS) is 28.8. The van der Waals surface area contributed by atoms with Crippen LogP contribution in [0.3, 0.4) is 0 Å². The van der Waals surface area contributed by atoms with E-state index in [0.717, 1.165) is 30.9 Å². The third-order valence-electron chi connectivity index (χ3n) is 5.00. The number of carbonyl (C=O) groups excluding carboxylic acids is 1. The van der Waals surface area contributed by atoms with Crippen molar-refractivity contribution in [2.24, 2.45) is 17.8 Å². The van der Waals surface area contributed by atoms with Gasteiger partial charge < -0.3 is 5.32 Å². The number of nitrogens with one attached hydrogen (secondary N) is 1. The molecule has 0 heterocycles. The Morgan fingerprint density at radius 2 is 2.11 bits per heavy atom. The zero-order chi connectivity index (χ0) is 13.2. The molecule has 0 aliphatic heterocycles. The summed E-state index contributed by atoms with van der Waals surface area (Å²) in [5, 5.41) is 3.17. The SMILES string of the molecule is CNCCc1ccccc1C(=O)C1CC2CCC1C2. The van der Waals surface area contributed by atoms with E-state index in [1.54, 1.807) is 0 Å². The molecule has 0 radical (unpaired) electrons. The molecule has 2 aliphatic carbocycles. The van der Waals surface area contributed by atoms with E-state index in [9.17, 15) is 4.79 Å². The monoisotopic (exact) mass is 257 g/mol. The zero-order valence-corrected chi connectivity index (χ0v) is 11.7. The van der Waals surface area contributed by atoms with Crippen molar-refractivity contribution in [1.29, 1.82) is 0 Å². The maximum Gasteiger partial charge on any atom is 0.166 e. The molecule has 3 atom stereocenters. The first-order chi connectivity index (χ1) is 9.29. The van der Waals surface area contributed by atoms with Crippen molar-refractivity contribution >= 4 is 5.78 Å². The summed E-state index contributed by atoms with van der Waals surface area (Å²) in [6.07, 6.45) is 6.02. The summed E-state index contributed by atoms with van der Waals surface area (Å²) < 4.78 is 0. The quantitative estimate of drug-likeness (QED) is 0.821. The smallest absolute Gasteiger partial charge is 0.166 e. The number of benzene rings is 1. The number of hydrogen-bond acceptors (Lipinski definition) is 2. The topological polar surface area (TPSA) is 29.1 Å². The highest BCUT2D eigenvalue weighted by Gasteiger charge is 2.43. The molecule has 0 aromatic heterocycles. The Kier molecular flexibility index (Phi) is 3.69. The van der Waals surface area contributed by atoms with Crippen molar-refractivity contribution in [2.75, 3.05) is 13.6 Å². The van der Waals surface area contributed by atoms with E-state index in [4.69, 9.17) is 0 Å². The van der Waals surface area contributed by atoms with Gasteiger partial charge in [0.1, 0.15) is 0 Å². The molecule has 3 unspecified atom stereocenters. The van der Waals surface area contributed by atoms with Gasteiger partial charge in [-0.25, -0.2) is 0 Å². The van der Waals surface area contributed by atoms with Crippen molar-refractivity contribution < 1.29 is 4.79 Å². The highest BCUT2D eigenvalue weighted by Crippen LogP contribution is 2.49. The first-order valence-corrected chi connectivity index (χ1v) is 7.56. The first kappa shape index (κ1) is 12.9. The van der Waals surface area contributed by atoms with E-state index >= 15 is 0 Å². The highest BCUT2D eigenvalue weighted by molar-refractivity contribution is 5.99. The summed E-state index contributed by atoms with van der Waals surface area (Å²) in [5.41, 5.74) is 2.19. The molecular weight excluding hydrogens is 234 g/mol. The molecule has 0 spiro atoms. The molecular formula is C17H23NO. The second-order valence-electron chi connectivity index (χ2n) is 6.16. The van der Waals surface area contributed by atoms with Crippen LogP contribution in [0, 0.1) is 17.8 Å². The molecule has 1 aromatic carbocycles. The molecule has 1 N–H and O–H groups in total. The van der Waals surface area contributed by atoms with Crippen molar-refractivity contribution in [3.8, 4) is 0 Å². The summed E-state index contributed by atoms with van der Waals surface area (Å²) in [5.74, 6) is 2.24. The van der Waals surface area contributed by atoms with Crippen LogP contribution in [0.15, 0.2) is 24.3 Å². The minimum absolute atomic E-state index is 0.314. The maximum absolute atomic E-state index is 12.8. The Balaban J connectivity index is 1.79. The molecule has 3 rings (SSSR count). The summed E-state index contributed by atoms with van der Waals surface area (Å²) in [7, 11) is 1.96. The lowest BCUT2D eigenvalue weighted by molar-refractivity contribution is 0.0873. The van der Waals surface area contributed by atoms with Crippen LogP contribution in [-0.4, -0.2) is 19.4 Å². The lowest BCUT2D eigenvalue weighted by Crippen LogP contribution is -2.23. The lowest BCUT2D eigenvalue weighted by Gasteiger charge is -2.21. The van der Waals surface area contributed by atoms with E-state index in [1.807, 2.05) is 25.2 Å². The highest BCUT2D eigenvalue weighted by atomic mass is 16.1. The summed E-state index contributed by atoms with van der Waals surface area (Å²) in [6.45, 7) is 0.932. The Hall–Kier alpha value is -1.15. The predicted octanol–water partition coefficient (Wildman–Crippen LogP) is 3.07. The number of ketones is 1. The summed E-state index contributed by atoms with van der Waals surface area (Å²) in [6, 6.07) is 8.18. The number of rotatable bonds is 5. The van der Waals surface area contributed by atoms with Crippen molar-refractivity contribution in [3.05, 3.63) is 35.4 Å². The van der Waals surface area contributed by atoms with Gasteiger partial charge in [0.05, 0.1) is 0 Å². The summed E-state index contributed by atoms with van der Waals surface area (Å²) in [4.78, 5) is 12.8.